The summed E-state index contributed by atoms with van der Waals surface area (Å²) in [7, 11) is 0. The second-order valence-corrected chi connectivity index (χ2v) is 12.3. The van der Waals surface area contributed by atoms with E-state index in [0.717, 1.165) is 10.5 Å². The molecule has 1 unspecified atom stereocenters. The van der Waals surface area contributed by atoms with Crippen molar-refractivity contribution in [1.29, 1.82) is 0 Å². The highest BCUT2D eigenvalue weighted by atomic mass is 35.5. The lowest BCUT2D eigenvalue weighted by atomic mass is 10.1. The molecule has 0 heterocycles. The maximum atomic E-state index is 13.5. The van der Waals surface area contributed by atoms with Crippen molar-refractivity contribution in [2.24, 2.45) is 0 Å². The number of benzene rings is 5. The average molecular weight is 687 g/mol. The van der Waals surface area contributed by atoms with Crippen LogP contribution in [0.2, 0.25) is 15.1 Å². The molecule has 230 valence electrons. The number of rotatable bonds is 10. The van der Waals surface area contributed by atoms with Crippen molar-refractivity contribution < 1.29 is 14.4 Å². The van der Waals surface area contributed by atoms with Crippen LogP contribution in [0.4, 0.5) is 11.4 Å². The summed E-state index contributed by atoms with van der Waals surface area (Å²) in [6.45, 7) is 0. The third-order valence-corrected chi connectivity index (χ3v) is 8.94. The zero-order valence-electron chi connectivity index (χ0n) is 24.0. The lowest BCUT2D eigenvalue weighted by molar-refractivity contribution is -0.116. The van der Waals surface area contributed by atoms with Crippen molar-refractivity contribution in [3.8, 4) is 0 Å². The van der Waals surface area contributed by atoms with Crippen LogP contribution in [-0.4, -0.2) is 17.7 Å². The van der Waals surface area contributed by atoms with E-state index < -0.39 is 17.1 Å². The Morgan fingerprint density at radius 1 is 0.674 bits per heavy atom. The Kier molecular flexibility index (Phi) is 11.2. The molecule has 0 aliphatic rings. The highest BCUT2D eigenvalue weighted by Gasteiger charge is 2.23. The molecule has 3 N–H and O–H groups in total. The molecule has 0 spiro atoms. The van der Waals surface area contributed by atoms with E-state index in [0.29, 0.717) is 32.5 Å². The summed E-state index contributed by atoms with van der Waals surface area (Å²) >= 11 is 20.0. The van der Waals surface area contributed by atoms with E-state index in [4.69, 9.17) is 34.8 Å². The molecular weight excluding hydrogens is 661 g/mol. The molecule has 0 aliphatic heterocycles. The van der Waals surface area contributed by atoms with Crippen molar-refractivity contribution in [2.75, 3.05) is 10.6 Å². The van der Waals surface area contributed by atoms with E-state index in [1.54, 1.807) is 84.9 Å². The van der Waals surface area contributed by atoms with Crippen molar-refractivity contribution in [3.63, 3.8) is 0 Å². The van der Waals surface area contributed by atoms with Gasteiger partial charge in [-0.2, -0.15) is 0 Å². The van der Waals surface area contributed by atoms with Crippen LogP contribution < -0.4 is 16.0 Å². The number of anilines is 2. The SMILES string of the molecule is O=C(Nc1ccc(SC(C(=O)Nc2cccc(Cl)c2)c2ccccc2)cc1)/C(=C/c1cccc(Cl)c1Cl)NC(=O)c1ccccc1. The van der Waals surface area contributed by atoms with Gasteiger partial charge in [-0.25, -0.2) is 0 Å². The van der Waals surface area contributed by atoms with Crippen LogP contribution in [0, 0.1) is 0 Å². The number of carbonyl (C=O) groups excluding carboxylic acids is 3. The largest absolute Gasteiger partial charge is 0.325 e. The first-order chi connectivity index (χ1) is 22.3. The summed E-state index contributed by atoms with van der Waals surface area (Å²) in [5.41, 5.74) is 2.71. The molecule has 0 aromatic heterocycles. The van der Waals surface area contributed by atoms with Crippen LogP contribution in [0.5, 0.6) is 0 Å². The van der Waals surface area contributed by atoms with Crippen LogP contribution in [0.25, 0.3) is 6.08 Å². The molecule has 3 amide bonds. The van der Waals surface area contributed by atoms with Gasteiger partial charge in [0.1, 0.15) is 10.9 Å². The van der Waals surface area contributed by atoms with Crippen LogP contribution in [0.3, 0.4) is 0 Å². The quantitative estimate of drug-likeness (QED) is 0.101. The van der Waals surface area contributed by atoms with Gasteiger partial charge in [-0.3, -0.25) is 14.4 Å². The molecule has 0 saturated carbocycles. The van der Waals surface area contributed by atoms with Crippen LogP contribution >= 0.6 is 46.6 Å². The molecule has 0 aliphatic carbocycles. The van der Waals surface area contributed by atoms with Gasteiger partial charge in [-0.15, -0.1) is 11.8 Å². The number of amides is 3. The van der Waals surface area contributed by atoms with Gasteiger partial charge in [0, 0.05) is 26.9 Å². The van der Waals surface area contributed by atoms with E-state index in [-0.39, 0.29) is 16.6 Å². The summed E-state index contributed by atoms with van der Waals surface area (Å²) in [5, 5.41) is 8.98. The summed E-state index contributed by atoms with van der Waals surface area (Å²) in [4.78, 5) is 40.7. The number of hydrogen-bond donors (Lipinski definition) is 3. The van der Waals surface area contributed by atoms with Gasteiger partial charge in [0.2, 0.25) is 5.91 Å². The molecule has 5 aromatic carbocycles. The average Bonchev–Trinajstić information content (AvgIpc) is 3.06. The third kappa shape index (κ3) is 8.80. The smallest absolute Gasteiger partial charge is 0.272 e. The molecule has 6 nitrogen and oxygen atoms in total. The lowest BCUT2D eigenvalue weighted by Crippen LogP contribution is -2.30. The second-order valence-electron chi connectivity index (χ2n) is 9.91. The van der Waals surface area contributed by atoms with Crippen molar-refractivity contribution in [2.45, 2.75) is 10.1 Å². The monoisotopic (exact) mass is 685 g/mol. The molecule has 0 saturated heterocycles. The van der Waals surface area contributed by atoms with Crippen molar-refractivity contribution in [3.05, 3.63) is 165 Å². The van der Waals surface area contributed by atoms with Crippen LogP contribution in [0.15, 0.2) is 138 Å². The van der Waals surface area contributed by atoms with Gasteiger partial charge >= 0.3 is 0 Å². The molecule has 5 rings (SSSR count). The van der Waals surface area contributed by atoms with Crippen LogP contribution in [-0.2, 0) is 9.59 Å². The minimum atomic E-state index is -0.566. The van der Waals surface area contributed by atoms with Gasteiger partial charge in [0.25, 0.3) is 11.8 Å². The number of halogens is 3. The van der Waals surface area contributed by atoms with E-state index in [2.05, 4.69) is 16.0 Å². The summed E-state index contributed by atoms with van der Waals surface area (Å²) in [6.07, 6.45) is 1.47. The number of nitrogens with one attached hydrogen (secondary N) is 3. The zero-order valence-corrected chi connectivity index (χ0v) is 27.1. The summed E-state index contributed by atoms with van der Waals surface area (Å²) in [5.74, 6) is -1.24. The Balaban J connectivity index is 1.34. The maximum Gasteiger partial charge on any atom is 0.272 e. The first-order valence-electron chi connectivity index (χ1n) is 14.0. The fourth-order valence-electron chi connectivity index (χ4n) is 4.36. The summed E-state index contributed by atoms with van der Waals surface area (Å²) < 4.78 is 0. The lowest BCUT2D eigenvalue weighted by Gasteiger charge is -2.18. The Labute approximate surface area is 285 Å². The predicted molar refractivity (Wildman–Crippen MR) is 189 cm³/mol. The first kappa shape index (κ1) is 32.9. The fraction of sp³-hybridized carbons (Fsp3) is 0.0278. The van der Waals surface area contributed by atoms with E-state index in [1.165, 1.54) is 17.8 Å². The molecule has 5 aromatic rings. The molecule has 0 fully saturated rings. The number of thioether (sulfide) groups is 1. The molecule has 46 heavy (non-hydrogen) atoms. The van der Waals surface area contributed by atoms with Crippen molar-refractivity contribution >= 4 is 81.7 Å². The molecule has 1 atom stereocenters. The minimum Gasteiger partial charge on any atom is -0.325 e. The molecular formula is C36H26Cl3N3O3S. The van der Waals surface area contributed by atoms with Gasteiger partial charge in [0.05, 0.1) is 10.0 Å². The van der Waals surface area contributed by atoms with Crippen molar-refractivity contribution in [1.82, 2.24) is 5.32 Å². The Morgan fingerprint density at radius 3 is 2.04 bits per heavy atom. The fourth-order valence-corrected chi connectivity index (χ4v) is 5.93. The second kappa shape index (κ2) is 15.7. The van der Waals surface area contributed by atoms with Gasteiger partial charge in [-0.05, 0) is 77.9 Å². The van der Waals surface area contributed by atoms with Gasteiger partial charge in [0.15, 0.2) is 0 Å². The van der Waals surface area contributed by atoms with Crippen LogP contribution in [0.1, 0.15) is 26.7 Å². The summed E-state index contributed by atoms with van der Waals surface area (Å²) in [6, 6.07) is 37.0. The Morgan fingerprint density at radius 2 is 1.35 bits per heavy atom. The minimum absolute atomic E-state index is 0.0294. The zero-order chi connectivity index (χ0) is 32.5. The molecule has 0 radical (unpaired) electrons. The van der Waals surface area contributed by atoms with E-state index in [9.17, 15) is 14.4 Å². The first-order valence-corrected chi connectivity index (χ1v) is 16.0. The normalized spacial score (nSPS) is 11.8. The predicted octanol–water partition coefficient (Wildman–Crippen LogP) is 9.53. The van der Waals surface area contributed by atoms with E-state index in [1.807, 2.05) is 42.5 Å². The standard InChI is InChI=1S/C36H26Cl3N3O3S/c37-26-14-8-15-28(22-26)41-36(45)33(23-9-3-1-4-10-23)46-29-19-17-27(18-20-29)40-35(44)31(21-25-13-7-16-30(38)32(25)39)42-34(43)24-11-5-2-6-12-24/h1-22,33H,(H,40,44)(H,41,45)(H,42,43)/b31-21-. The van der Waals surface area contributed by atoms with Gasteiger partial charge in [-0.1, -0.05) is 102 Å². The highest BCUT2D eigenvalue weighted by Crippen LogP contribution is 2.37. The maximum absolute atomic E-state index is 13.5. The number of carbonyl (C=O) groups is 3. The Bertz CT molecular complexity index is 1890. The van der Waals surface area contributed by atoms with E-state index >= 15 is 0 Å². The molecule has 0 bridgehead atoms. The Hall–Kier alpha value is -4.53. The number of hydrogen-bond acceptors (Lipinski definition) is 4. The van der Waals surface area contributed by atoms with Gasteiger partial charge < -0.3 is 16.0 Å². The third-order valence-electron chi connectivity index (χ3n) is 6.61. The molecule has 10 heteroatoms. The topological polar surface area (TPSA) is 87.3 Å². The highest BCUT2D eigenvalue weighted by molar-refractivity contribution is 8.00.